The predicted molar refractivity (Wildman–Crippen MR) is 101 cm³/mol. The lowest BCUT2D eigenvalue weighted by Gasteiger charge is -2.09. The number of nitrogens with one attached hydrogen (secondary N) is 2. The maximum absolute atomic E-state index is 12.4. The SMILES string of the molecule is N#Cc1ccc(NC(=O)c2cc(Nc3cccc(Br)c3)ccn2)cc1. The van der Waals surface area contributed by atoms with Gasteiger partial charge in [0.15, 0.2) is 0 Å². The molecule has 25 heavy (non-hydrogen) atoms. The van der Waals surface area contributed by atoms with Gasteiger partial charge in [-0.05, 0) is 54.6 Å². The molecule has 5 nitrogen and oxygen atoms in total. The van der Waals surface area contributed by atoms with Crippen LogP contribution in [0.2, 0.25) is 0 Å². The first-order chi connectivity index (χ1) is 12.1. The molecule has 122 valence electrons. The fraction of sp³-hybridized carbons (Fsp3) is 0. The van der Waals surface area contributed by atoms with E-state index in [0.29, 0.717) is 16.9 Å². The third-order valence-corrected chi connectivity index (χ3v) is 3.87. The van der Waals surface area contributed by atoms with Crippen molar-refractivity contribution >= 4 is 38.9 Å². The Labute approximate surface area is 153 Å². The lowest BCUT2D eigenvalue weighted by atomic mass is 10.2. The highest BCUT2D eigenvalue weighted by Gasteiger charge is 2.09. The van der Waals surface area contributed by atoms with E-state index in [9.17, 15) is 4.79 Å². The van der Waals surface area contributed by atoms with Crippen molar-refractivity contribution in [2.75, 3.05) is 10.6 Å². The van der Waals surface area contributed by atoms with Gasteiger partial charge in [0.05, 0.1) is 11.6 Å². The lowest BCUT2D eigenvalue weighted by Crippen LogP contribution is -2.13. The van der Waals surface area contributed by atoms with Crippen LogP contribution in [-0.2, 0) is 0 Å². The van der Waals surface area contributed by atoms with Gasteiger partial charge in [0.25, 0.3) is 5.91 Å². The quantitative estimate of drug-likeness (QED) is 0.673. The normalized spacial score (nSPS) is 9.92. The summed E-state index contributed by atoms with van der Waals surface area (Å²) in [5.74, 6) is -0.317. The second-order valence-electron chi connectivity index (χ2n) is 5.21. The Morgan fingerprint density at radius 1 is 1.00 bits per heavy atom. The average Bonchev–Trinajstić information content (AvgIpc) is 2.62. The van der Waals surface area contributed by atoms with Crippen LogP contribution in [0, 0.1) is 11.3 Å². The number of halogens is 1. The third kappa shape index (κ3) is 4.43. The highest BCUT2D eigenvalue weighted by atomic mass is 79.9. The molecule has 0 radical (unpaired) electrons. The number of amides is 1. The molecule has 2 aromatic carbocycles. The van der Waals surface area contributed by atoms with Crippen LogP contribution in [0.5, 0.6) is 0 Å². The molecule has 0 atom stereocenters. The zero-order chi connectivity index (χ0) is 17.6. The summed E-state index contributed by atoms with van der Waals surface area (Å²) in [6.45, 7) is 0. The number of anilines is 3. The Morgan fingerprint density at radius 3 is 2.48 bits per heavy atom. The topological polar surface area (TPSA) is 77.8 Å². The fourth-order valence-electron chi connectivity index (χ4n) is 2.19. The molecule has 0 saturated heterocycles. The van der Waals surface area contributed by atoms with Crippen molar-refractivity contribution in [1.29, 1.82) is 5.26 Å². The van der Waals surface area contributed by atoms with E-state index < -0.39 is 0 Å². The molecule has 0 unspecified atom stereocenters. The highest BCUT2D eigenvalue weighted by Crippen LogP contribution is 2.21. The van der Waals surface area contributed by atoms with Crippen molar-refractivity contribution < 1.29 is 4.79 Å². The molecule has 2 N–H and O–H groups in total. The fourth-order valence-corrected chi connectivity index (χ4v) is 2.59. The first-order valence-corrected chi connectivity index (χ1v) is 8.23. The Hall–Kier alpha value is -3.17. The number of carbonyl (C=O) groups is 1. The molecule has 0 aliphatic rings. The summed E-state index contributed by atoms with van der Waals surface area (Å²) in [6, 6.07) is 19.9. The maximum Gasteiger partial charge on any atom is 0.274 e. The van der Waals surface area contributed by atoms with Crippen LogP contribution in [0.3, 0.4) is 0 Å². The van der Waals surface area contributed by atoms with Gasteiger partial charge in [-0.3, -0.25) is 9.78 Å². The number of benzene rings is 2. The minimum Gasteiger partial charge on any atom is -0.355 e. The lowest BCUT2D eigenvalue weighted by molar-refractivity contribution is 0.102. The van der Waals surface area contributed by atoms with E-state index in [-0.39, 0.29) is 5.91 Å². The van der Waals surface area contributed by atoms with E-state index in [1.807, 2.05) is 30.3 Å². The molecule has 0 aliphatic carbocycles. The summed E-state index contributed by atoms with van der Waals surface area (Å²) in [5.41, 5.74) is 3.11. The average molecular weight is 393 g/mol. The van der Waals surface area contributed by atoms with Crippen molar-refractivity contribution in [3.8, 4) is 6.07 Å². The van der Waals surface area contributed by atoms with E-state index in [2.05, 4.69) is 31.5 Å². The van der Waals surface area contributed by atoms with Gasteiger partial charge in [-0.25, -0.2) is 0 Å². The second kappa shape index (κ2) is 7.60. The number of hydrogen-bond donors (Lipinski definition) is 2. The van der Waals surface area contributed by atoms with Crippen molar-refractivity contribution in [2.24, 2.45) is 0 Å². The van der Waals surface area contributed by atoms with Gasteiger partial charge in [-0.1, -0.05) is 22.0 Å². The maximum atomic E-state index is 12.4. The van der Waals surface area contributed by atoms with Crippen LogP contribution in [0.4, 0.5) is 17.1 Å². The molecular formula is C19H13BrN4O. The predicted octanol–water partition coefficient (Wildman–Crippen LogP) is 4.71. The molecular weight excluding hydrogens is 380 g/mol. The summed E-state index contributed by atoms with van der Waals surface area (Å²) in [5, 5.41) is 14.8. The highest BCUT2D eigenvalue weighted by molar-refractivity contribution is 9.10. The van der Waals surface area contributed by atoms with E-state index >= 15 is 0 Å². The minimum absolute atomic E-state index is 0.296. The number of nitrogens with zero attached hydrogens (tertiary/aromatic N) is 2. The number of hydrogen-bond acceptors (Lipinski definition) is 4. The molecule has 3 rings (SSSR count). The van der Waals surface area contributed by atoms with Gasteiger partial charge >= 0.3 is 0 Å². The number of pyridine rings is 1. The molecule has 0 bridgehead atoms. The number of aromatic nitrogens is 1. The van der Waals surface area contributed by atoms with E-state index in [1.165, 1.54) is 0 Å². The second-order valence-corrected chi connectivity index (χ2v) is 6.12. The standard InChI is InChI=1S/C19H13BrN4O/c20-14-2-1-3-16(10-14)23-17-8-9-22-18(11-17)19(25)24-15-6-4-13(12-21)5-7-15/h1-11H,(H,22,23)(H,24,25). The molecule has 1 amide bonds. The largest absolute Gasteiger partial charge is 0.355 e. The molecule has 3 aromatic rings. The smallest absolute Gasteiger partial charge is 0.274 e. The van der Waals surface area contributed by atoms with Crippen LogP contribution >= 0.6 is 15.9 Å². The molecule has 1 aromatic heterocycles. The van der Waals surface area contributed by atoms with Crippen molar-refractivity contribution in [3.05, 3.63) is 82.6 Å². The zero-order valence-electron chi connectivity index (χ0n) is 13.0. The minimum atomic E-state index is -0.317. The van der Waals surface area contributed by atoms with Gasteiger partial charge in [-0.15, -0.1) is 0 Å². The van der Waals surface area contributed by atoms with Crippen molar-refractivity contribution in [1.82, 2.24) is 4.98 Å². The third-order valence-electron chi connectivity index (χ3n) is 3.38. The van der Waals surface area contributed by atoms with Crippen LogP contribution in [0.15, 0.2) is 71.3 Å². The van der Waals surface area contributed by atoms with E-state index in [1.54, 1.807) is 42.6 Å². The Kier molecular flexibility index (Phi) is 5.07. The Morgan fingerprint density at radius 2 is 1.76 bits per heavy atom. The Balaban J connectivity index is 1.73. The van der Waals surface area contributed by atoms with Crippen molar-refractivity contribution in [2.45, 2.75) is 0 Å². The van der Waals surface area contributed by atoms with Crippen LogP contribution < -0.4 is 10.6 Å². The zero-order valence-corrected chi connectivity index (χ0v) is 14.6. The van der Waals surface area contributed by atoms with Gasteiger partial charge in [0, 0.05) is 27.7 Å². The summed E-state index contributed by atoms with van der Waals surface area (Å²) in [6.07, 6.45) is 1.58. The summed E-state index contributed by atoms with van der Waals surface area (Å²) < 4.78 is 0.963. The molecule has 1 heterocycles. The molecule has 0 spiro atoms. The van der Waals surface area contributed by atoms with Gasteiger partial charge in [-0.2, -0.15) is 5.26 Å². The summed E-state index contributed by atoms with van der Waals surface area (Å²) >= 11 is 3.42. The van der Waals surface area contributed by atoms with Crippen molar-refractivity contribution in [3.63, 3.8) is 0 Å². The molecule has 0 fully saturated rings. The summed E-state index contributed by atoms with van der Waals surface area (Å²) in [4.78, 5) is 16.5. The Bertz CT molecular complexity index is 948. The first-order valence-electron chi connectivity index (χ1n) is 7.44. The molecule has 6 heteroatoms. The monoisotopic (exact) mass is 392 g/mol. The van der Waals surface area contributed by atoms with Gasteiger partial charge < -0.3 is 10.6 Å². The van der Waals surface area contributed by atoms with Crippen LogP contribution in [0.1, 0.15) is 16.1 Å². The first kappa shape index (κ1) is 16.7. The van der Waals surface area contributed by atoms with Crippen LogP contribution in [0.25, 0.3) is 0 Å². The molecule has 0 aliphatic heterocycles. The number of rotatable bonds is 4. The van der Waals surface area contributed by atoms with Gasteiger partial charge in [0.1, 0.15) is 5.69 Å². The van der Waals surface area contributed by atoms with Gasteiger partial charge in [0.2, 0.25) is 0 Å². The number of nitriles is 1. The van der Waals surface area contributed by atoms with E-state index in [4.69, 9.17) is 5.26 Å². The van der Waals surface area contributed by atoms with Crippen LogP contribution in [-0.4, -0.2) is 10.9 Å². The summed E-state index contributed by atoms with van der Waals surface area (Å²) in [7, 11) is 0. The van der Waals surface area contributed by atoms with E-state index in [0.717, 1.165) is 15.8 Å². The number of carbonyl (C=O) groups excluding carboxylic acids is 1. The molecule has 0 saturated carbocycles.